The fourth-order valence-electron chi connectivity index (χ4n) is 1.20. The van der Waals surface area contributed by atoms with Crippen molar-refractivity contribution in [3.8, 4) is 6.07 Å². The Balaban J connectivity index is 2.79. The molecule has 0 N–H and O–H groups in total. The first-order valence-corrected chi connectivity index (χ1v) is 6.38. The third-order valence-corrected chi connectivity index (χ3v) is 3.90. The molecule has 1 aromatic rings. The lowest BCUT2D eigenvalue weighted by atomic mass is 10.2. The summed E-state index contributed by atoms with van der Waals surface area (Å²) in [6.45, 7) is 1.91. The van der Waals surface area contributed by atoms with Gasteiger partial charge in [0.1, 0.15) is 0 Å². The second-order valence-electron chi connectivity index (χ2n) is 3.39. The Hall–Kier alpha value is -1.34. The maximum Gasteiger partial charge on any atom is 0.178 e. The number of nitrogens with zero attached hydrogens (tertiary/aromatic N) is 1. The molecule has 15 heavy (non-hydrogen) atoms. The average molecular weight is 223 g/mol. The van der Waals surface area contributed by atoms with Gasteiger partial charge >= 0.3 is 0 Å². The molecule has 0 amide bonds. The molecule has 0 aliphatic rings. The Morgan fingerprint density at radius 3 is 2.40 bits per heavy atom. The van der Waals surface area contributed by atoms with Crippen molar-refractivity contribution in [2.75, 3.05) is 5.75 Å². The van der Waals surface area contributed by atoms with Crippen LogP contribution in [0.2, 0.25) is 0 Å². The normalized spacial score (nSPS) is 10.9. The molecule has 0 bridgehead atoms. The summed E-state index contributed by atoms with van der Waals surface area (Å²) >= 11 is 0. The van der Waals surface area contributed by atoms with Crippen LogP contribution in [0, 0.1) is 18.3 Å². The van der Waals surface area contributed by atoms with Crippen LogP contribution in [0.1, 0.15) is 18.4 Å². The zero-order valence-electron chi connectivity index (χ0n) is 8.60. The second kappa shape index (κ2) is 4.94. The summed E-state index contributed by atoms with van der Waals surface area (Å²) in [5.41, 5.74) is 1.03. The van der Waals surface area contributed by atoms with Crippen LogP contribution in [0.3, 0.4) is 0 Å². The van der Waals surface area contributed by atoms with Gasteiger partial charge in [0.2, 0.25) is 0 Å². The molecule has 0 aromatic heterocycles. The largest absolute Gasteiger partial charge is 0.224 e. The smallest absolute Gasteiger partial charge is 0.178 e. The van der Waals surface area contributed by atoms with E-state index in [0.29, 0.717) is 11.3 Å². The number of aryl methyl sites for hydroxylation is 1. The molecule has 0 radical (unpaired) electrons. The summed E-state index contributed by atoms with van der Waals surface area (Å²) in [5.74, 6) is 0.0453. The lowest BCUT2D eigenvalue weighted by Gasteiger charge is -2.02. The van der Waals surface area contributed by atoms with E-state index in [2.05, 4.69) is 0 Å². The summed E-state index contributed by atoms with van der Waals surface area (Å²) in [6, 6.07) is 8.70. The fourth-order valence-corrected chi connectivity index (χ4v) is 2.52. The molecule has 0 aliphatic heterocycles. The standard InChI is InChI=1S/C11H13NO2S/c1-10-4-6-11(7-5-10)15(13,14)9-3-2-8-12/h4-7H,2-3,9H2,1H3. The lowest BCUT2D eigenvalue weighted by molar-refractivity contribution is 0.593. The molecule has 0 aliphatic carbocycles. The zero-order valence-corrected chi connectivity index (χ0v) is 9.42. The van der Waals surface area contributed by atoms with Gasteiger partial charge in [-0.25, -0.2) is 8.42 Å². The van der Waals surface area contributed by atoms with Gasteiger partial charge in [0.25, 0.3) is 0 Å². The number of hydrogen-bond donors (Lipinski definition) is 0. The summed E-state index contributed by atoms with van der Waals surface area (Å²) in [6.07, 6.45) is 0.678. The number of benzene rings is 1. The zero-order chi connectivity index (χ0) is 11.3. The van der Waals surface area contributed by atoms with Gasteiger partial charge in [-0.2, -0.15) is 5.26 Å². The van der Waals surface area contributed by atoms with Crippen LogP contribution in [0.5, 0.6) is 0 Å². The first-order chi connectivity index (χ1) is 7.06. The third kappa shape index (κ3) is 3.37. The van der Waals surface area contributed by atoms with Crippen LogP contribution >= 0.6 is 0 Å². The van der Waals surface area contributed by atoms with Gasteiger partial charge in [0.15, 0.2) is 9.84 Å². The number of unbranched alkanes of at least 4 members (excludes halogenated alkanes) is 1. The van der Waals surface area contributed by atoms with Gasteiger partial charge in [-0.15, -0.1) is 0 Å². The van der Waals surface area contributed by atoms with Crippen LogP contribution in [0.25, 0.3) is 0 Å². The Morgan fingerprint density at radius 2 is 1.87 bits per heavy atom. The molecule has 4 heteroatoms. The molecule has 80 valence electrons. The number of nitriles is 1. The topological polar surface area (TPSA) is 57.9 Å². The monoisotopic (exact) mass is 223 g/mol. The van der Waals surface area contributed by atoms with Crippen molar-refractivity contribution in [2.24, 2.45) is 0 Å². The average Bonchev–Trinajstić information content (AvgIpc) is 2.18. The first kappa shape index (κ1) is 11.7. The van der Waals surface area contributed by atoms with Crippen LogP contribution in [-0.2, 0) is 9.84 Å². The Labute approximate surface area is 90.3 Å². The van der Waals surface area contributed by atoms with E-state index in [0.717, 1.165) is 5.56 Å². The van der Waals surface area contributed by atoms with E-state index in [1.165, 1.54) is 0 Å². The quantitative estimate of drug-likeness (QED) is 0.734. The molecule has 3 nitrogen and oxygen atoms in total. The van der Waals surface area contributed by atoms with E-state index < -0.39 is 9.84 Å². The molecular weight excluding hydrogens is 210 g/mol. The number of rotatable bonds is 4. The van der Waals surface area contributed by atoms with Gasteiger partial charge in [-0.05, 0) is 25.5 Å². The van der Waals surface area contributed by atoms with Crippen LogP contribution in [0.4, 0.5) is 0 Å². The summed E-state index contributed by atoms with van der Waals surface area (Å²) < 4.78 is 23.4. The van der Waals surface area contributed by atoms with E-state index in [1.54, 1.807) is 24.3 Å². The van der Waals surface area contributed by atoms with Gasteiger partial charge in [0, 0.05) is 6.42 Å². The third-order valence-electron chi connectivity index (χ3n) is 2.08. The van der Waals surface area contributed by atoms with Crippen molar-refractivity contribution >= 4 is 9.84 Å². The van der Waals surface area contributed by atoms with Gasteiger partial charge < -0.3 is 0 Å². The Bertz CT molecular complexity index is 454. The second-order valence-corrected chi connectivity index (χ2v) is 5.50. The van der Waals surface area contributed by atoms with Crippen molar-refractivity contribution in [3.63, 3.8) is 0 Å². The Kier molecular flexibility index (Phi) is 3.87. The lowest BCUT2D eigenvalue weighted by Crippen LogP contribution is -2.06. The fraction of sp³-hybridized carbons (Fsp3) is 0.364. The minimum atomic E-state index is -3.20. The highest BCUT2D eigenvalue weighted by Crippen LogP contribution is 2.13. The highest BCUT2D eigenvalue weighted by atomic mass is 32.2. The maximum atomic E-state index is 11.7. The van der Waals surface area contributed by atoms with E-state index in [1.807, 2.05) is 13.0 Å². The SMILES string of the molecule is Cc1ccc(S(=O)(=O)CCCC#N)cc1. The molecule has 0 fully saturated rings. The Morgan fingerprint density at radius 1 is 1.27 bits per heavy atom. The van der Waals surface area contributed by atoms with Crippen molar-refractivity contribution < 1.29 is 8.42 Å². The maximum absolute atomic E-state index is 11.7. The first-order valence-electron chi connectivity index (χ1n) is 4.72. The van der Waals surface area contributed by atoms with Crippen LogP contribution < -0.4 is 0 Å². The predicted octanol–water partition coefficient (Wildman–Crippen LogP) is 2.07. The van der Waals surface area contributed by atoms with E-state index in [4.69, 9.17) is 5.26 Å². The highest BCUT2D eigenvalue weighted by molar-refractivity contribution is 7.91. The minimum absolute atomic E-state index is 0.0453. The van der Waals surface area contributed by atoms with E-state index in [9.17, 15) is 8.42 Å². The summed E-state index contributed by atoms with van der Waals surface area (Å²) in [4.78, 5) is 0.339. The minimum Gasteiger partial charge on any atom is -0.224 e. The van der Waals surface area contributed by atoms with Crippen LogP contribution in [0.15, 0.2) is 29.2 Å². The van der Waals surface area contributed by atoms with Crippen molar-refractivity contribution in [1.29, 1.82) is 5.26 Å². The molecule has 0 unspecified atom stereocenters. The predicted molar refractivity (Wildman–Crippen MR) is 58.1 cm³/mol. The molecule has 0 atom stereocenters. The highest BCUT2D eigenvalue weighted by Gasteiger charge is 2.12. The van der Waals surface area contributed by atoms with Crippen molar-refractivity contribution in [2.45, 2.75) is 24.7 Å². The summed E-state index contributed by atoms with van der Waals surface area (Å²) in [7, 11) is -3.20. The number of hydrogen-bond acceptors (Lipinski definition) is 3. The number of sulfone groups is 1. The molecule has 1 aromatic carbocycles. The van der Waals surface area contributed by atoms with Gasteiger partial charge in [-0.3, -0.25) is 0 Å². The van der Waals surface area contributed by atoms with Gasteiger partial charge in [0.05, 0.1) is 16.7 Å². The van der Waals surface area contributed by atoms with E-state index in [-0.39, 0.29) is 12.2 Å². The van der Waals surface area contributed by atoms with Crippen LogP contribution in [-0.4, -0.2) is 14.2 Å². The molecule has 0 saturated carbocycles. The molecule has 1 rings (SSSR count). The molecule has 0 saturated heterocycles. The van der Waals surface area contributed by atoms with Crippen molar-refractivity contribution in [3.05, 3.63) is 29.8 Å². The van der Waals surface area contributed by atoms with Crippen molar-refractivity contribution in [1.82, 2.24) is 0 Å². The van der Waals surface area contributed by atoms with E-state index >= 15 is 0 Å². The summed E-state index contributed by atoms with van der Waals surface area (Å²) in [5, 5.41) is 8.33. The molecule has 0 spiro atoms. The molecule has 0 heterocycles. The van der Waals surface area contributed by atoms with Gasteiger partial charge in [-0.1, -0.05) is 17.7 Å². The molecular formula is C11H13NO2S.